The monoisotopic (exact) mass is 369 g/mol. The summed E-state index contributed by atoms with van der Waals surface area (Å²) in [5.74, 6) is 1.68. The van der Waals surface area contributed by atoms with Crippen molar-refractivity contribution in [2.45, 2.75) is 29.5 Å². The van der Waals surface area contributed by atoms with Crippen LogP contribution in [0.3, 0.4) is 0 Å². The molecular formula is C19H23N5OS. The molecule has 1 atom stereocenters. The van der Waals surface area contributed by atoms with Gasteiger partial charge in [-0.05, 0) is 32.1 Å². The van der Waals surface area contributed by atoms with Gasteiger partial charge in [-0.25, -0.2) is 9.97 Å². The molecule has 0 saturated carbocycles. The van der Waals surface area contributed by atoms with Gasteiger partial charge in [0.15, 0.2) is 5.82 Å². The van der Waals surface area contributed by atoms with Gasteiger partial charge in [0.05, 0.1) is 23.8 Å². The van der Waals surface area contributed by atoms with Crippen LogP contribution in [0.2, 0.25) is 0 Å². The molecule has 1 saturated heterocycles. The number of nitrogens with two attached hydrogens (primary N) is 1. The van der Waals surface area contributed by atoms with Crippen molar-refractivity contribution in [3.8, 4) is 11.4 Å². The van der Waals surface area contributed by atoms with Crippen molar-refractivity contribution in [2.75, 3.05) is 31.2 Å². The summed E-state index contributed by atoms with van der Waals surface area (Å²) in [7, 11) is 0. The SMILES string of the molecule is CC(C)(N)C1C=Cc2nc(-c3cccnc3)nc(N3CCOCC3)c2S1. The maximum absolute atomic E-state index is 6.36. The molecule has 1 unspecified atom stereocenters. The Morgan fingerprint density at radius 2 is 2.08 bits per heavy atom. The second-order valence-corrected chi connectivity index (χ2v) is 8.30. The maximum atomic E-state index is 6.36. The van der Waals surface area contributed by atoms with Crippen molar-refractivity contribution in [3.63, 3.8) is 0 Å². The molecule has 0 spiro atoms. The number of thioether (sulfide) groups is 1. The van der Waals surface area contributed by atoms with Crippen molar-refractivity contribution >= 4 is 23.7 Å². The third kappa shape index (κ3) is 3.47. The Balaban J connectivity index is 1.81. The average Bonchev–Trinajstić information content (AvgIpc) is 2.67. The van der Waals surface area contributed by atoms with Gasteiger partial charge in [0.2, 0.25) is 0 Å². The van der Waals surface area contributed by atoms with Crippen LogP contribution in [0.15, 0.2) is 35.5 Å². The Morgan fingerprint density at radius 3 is 2.77 bits per heavy atom. The van der Waals surface area contributed by atoms with Crippen molar-refractivity contribution < 1.29 is 4.74 Å². The fourth-order valence-electron chi connectivity index (χ4n) is 3.04. The van der Waals surface area contributed by atoms with E-state index in [2.05, 4.69) is 35.9 Å². The zero-order valence-corrected chi connectivity index (χ0v) is 15.9. The van der Waals surface area contributed by atoms with Gasteiger partial charge < -0.3 is 15.4 Å². The molecule has 7 heteroatoms. The molecule has 136 valence electrons. The third-order valence-corrected chi connectivity index (χ3v) is 6.16. The van der Waals surface area contributed by atoms with Gasteiger partial charge >= 0.3 is 0 Å². The van der Waals surface area contributed by atoms with E-state index >= 15 is 0 Å². The molecule has 6 nitrogen and oxygen atoms in total. The Kier molecular flexibility index (Phi) is 4.69. The van der Waals surface area contributed by atoms with Crippen LogP contribution in [-0.2, 0) is 4.74 Å². The predicted molar refractivity (Wildman–Crippen MR) is 105 cm³/mol. The van der Waals surface area contributed by atoms with E-state index in [9.17, 15) is 0 Å². The number of morpholine rings is 1. The summed E-state index contributed by atoms with van der Waals surface area (Å²) in [5.41, 5.74) is 7.92. The second kappa shape index (κ2) is 6.98. The number of fused-ring (bicyclic) bond motifs is 1. The number of pyridine rings is 1. The quantitative estimate of drug-likeness (QED) is 0.891. The molecule has 0 aliphatic carbocycles. The van der Waals surface area contributed by atoms with Gasteiger partial charge in [-0.15, -0.1) is 11.8 Å². The first-order valence-electron chi connectivity index (χ1n) is 8.81. The van der Waals surface area contributed by atoms with Gasteiger partial charge in [-0.1, -0.05) is 6.08 Å². The lowest BCUT2D eigenvalue weighted by molar-refractivity contribution is 0.122. The van der Waals surface area contributed by atoms with Gasteiger partial charge in [-0.2, -0.15) is 0 Å². The highest BCUT2D eigenvalue weighted by atomic mass is 32.2. The molecule has 2 aliphatic rings. The number of anilines is 1. The van der Waals surface area contributed by atoms with E-state index in [1.807, 2.05) is 12.1 Å². The Bertz CT molecular complexity index is 813. The molecule has 2 N–H and O–H groups in total. The molecule has 0 radical (unpaired) electrons. The molecule has 4 rings (SSSR count). The minimum Gasteiger partial charge on any atom is -0.378 e. The molecule has 4 heterocycles. The fraction of sp³-hybridized carbons (Fsp3) is 0.421. The molecule has 2 aromatic rings. The summed E-state index contributed by atoms with van der Waals surface area (Å²) in [5, 5.41) is 0.183. The molecule has 2 aromatic heterocycles. The minimum atomic E-state index is -0.316. The fourth-order valence-corrected chi connectivity index (χ4v) is 4.27. The molecule has 2 aliphatic heterocycles. The van der Waals surface area contributed by atoms with E-state index in [-0.39, 0.29) is 10.8 Å². The van der Waals surface area contributed by atoms with E-state index < -0.39 is 0 Å². The van der Waals surface area contributed by atoms with E-state index in [4.69, 9.17) is 20.4 Å². The Morgan fingerprint density at radius 1 is 1.27 bits per heavy atom. The van der Waals surface area contributed by atoms with Crippen LogP contribution in [0.4, 0.5) is 5.82 Å². The Labute approximate surface area is 157 Å². The zero-order valence-electron chi connectivity index (χ0n) is 15.1. The molecule has 0 aromatic carbocycles. The molecule has 26 heavy (non-hydrogen) atoms. The number of rotatable bonds is 3. The lowest BCUT2D eigenvalue weighted by atomic mass is 10.0. The number of nitrogens with zero attached hydrogens (tertiary/aromatic N) is 4. The van der Waals surface area contributed by atoms with Crippen molar-refractivity contribution in [3.05, 3.63) is 36.3 Å². The first-order chi connectivity index (χ1) is 12.5. The third-order valence-electron chi connectivity index (χ3n) is 4.51. The lowest BCUT2D eigenvalue weighted by Gasteiger charge is -2.34. The molecule has 0 bridgehead atoms. The number of hydrogen-bond acceptors (Lipinski definition) is 7. The van der Waals surface area contributed by atoms with Crippen molar-refractivity contribution in [1.82, 2.24) is 15.0 Å². The first kappa shape index (κ1) is 17.5. The van der Waals surface area contributed by atoms with E-state index in [1.54, 1.807) is 24.2 Å². The first-order valence-corrected chi connectivity index (χ1v) is 9.69. The Hall–Kier alpha value is -1.96. The summed E-state index contributed by atoms with van der Waals surface area (Å²) in [4.78, 5) is 17.3. The number of ether oxygens (including phenoxy) is 1. The van der Waals surface area contributed by atoms with Gasteiger partial charge in [0, 0.05) is 41.8 Å². The van der Waals surface area contributed by atoms with Gasteiger partial charge in [0.25, 0.3) is 0 Å². The highest BCUT2D eigenvalue weighted by Crippen LogP contribution is 2.42. The average molecular weight is 369 g/mol. The number of aromatic nitrogens is 3. The zero-order chi connectivity index (χ0) is 18.1. The summed E-state index contributed by atoms with van der Waals surface area (Å²) >= 11 is 1.75. The standard InChI is InChI=1S/C19H23N5OS/c1-19(2,20)15-6-5-14-16(26-15)18(24-8-10-25-11-9-24)23-17(22-14)13-4-3-7-21-12-13/h3-7,12,15H,8-11,20H2,1-2H3. The van der Waals surface area contributed by atoms with Crippen LogP contribution in [-0.4, -0.2) is 52.0 Å². The molecule has 1 fully saturated rings. The van der Waals surface area contributed by atoms with Crippen molar-refractivity contribution in [1.29, 1.82) is 0 Å². The van der Waals surface area contributed by atoms with Gasteiger partial charge in [-0.3, -0.25) is 4.98 Å². The predicted octanol–water partition coefficient (Wildman–Crippen LogP) is 2.60. The largest absolute Gasteiger partial charge is 0.378 e. The smallest absolute Gasteiger partial charge is 0.163 e. The van der Waals surface area contributed by atoms with Crippen LogP contribution in [0, 0.1) is 0 Å². The van der Waals surface area contributed by atoms with E-state index in [0.717, 1.165) is 35.1 Å². The van der Waals surface area contributed by atoms with E-state index in [1.165, 1.54) is 0 Å². The molecular weight excluding hydrogens is 346 g/mol. The second-order valence-electron chi connectivity index (χ2n) is 7.15. The summed E-state index contributed by atoms with van der Waals surface area (Å²) in [6.45, 7) is 7.20. The highest BCUT2D eigenvalue weighted by Gasteiger charge is 2.31. The minimum absolute atomic E-state index is 0.183. The van der Waals surface area contributed by atoms with Crippen LogP contribution in [0.1, 0.15) is 19.5 Å². The number of hydrogen-bond donors (Lipinski definition) is 1. The van der Waals surface area contributed by atoms with Crippen LogP contribution >= 0.6 is 11.8 Å². The van der Waals surface area contributed by atoms with E-state index in [0.29, 0.717) is 19.0 Å². The molecule has 0 amide bonds. The topological polar surface area (TPSA) is 77.2 Å². The summed E-state index contributed by atoms with van der Waals surface area (Å²) in [6.07, 6.45) is 7.79. The maximum Gasteiger partial charge on any atom is 0.163 e. The van der Waals surface area contributed by atoms with Crippen LogP contribution < -0.4 is 10.6 Å². The summed E-state index contributed by atoms with van der Waals surface area (Å²) < 4.78 is 5.52. The lowest BCUT2D eigenvalue weighted by Crippen LogP contribution is -2.43. The highest BCUT2D eigenvalue weighted by molar-refractivity contribution is 8.00. The van der Waals surface area contributed by atoms with Crippen LogP contribution in [0.5, 0.6) is 0 Å². The normalized spacial score (nSPS) is 20.1. The van der Waals surface area contributed by atoms with Crippen molar-refractivity contribution in [2.24, 2.45) is 5.73 Å². The van der Waals surface area contributed by atoms with Crippen LogP contribution in [0.25, 0.3) is 17.5 Å². The van der Waals surface area contributed by atoms with Gasteiger partial charge in [0.1, 0.15) is 5.82 Å². The summed E-state index contributed by atoms with van der Waals surface area (Å²) in [6, 6.07) is 3.90.